The maximum atomic E-state index is 11.7. The second kappa shape index (κ2) is 6.85. The Labute approximate surface area is 134 Å². The van der Waals surface area contributed by atoms with Crippen LogP contribution in [0, 0.1) is 0 Å². The maximum absolute atomic E-state index is 11.7. The molecule has 1 saturated heterocycles. The van der Waals surface area contributed by atoms with Gasteiger partial charge in [-0.25, -0.2) is 4.79 Å². The molecule has 1 aliphatic rings. The van der Waals surface area contributed by atoms with Crippen LogP contribution >= 0.6 is 0 Å². The van der Waals surface area contributed by atoms with Gasteiger partial charge in [-0.1, -0.05) is 12.1 Å². The van der Waals surface area contributed by atoms with Crippen molar-refractivity contribution in [3.8, 4) is 0 Å². The third-order valence-corrected chi connectivity index (χ3v) is 3.96. The first-order valence-electron chi connectivity index (χ1n) is 7.63. The average Bonchev–Trinajstić information content (AvgIpc) is 3.24. The van der Waals surface area contributed by atoms with Crippen LogP contribution in [0.2, 0.25) is 0 Å². The highest BCUT2D eigenvalue weighted by Gasteiger charge is 2.24. The zero-order valence-corrected chi connectivity index (χ0v) is 12.9. The molecule has 0 bridgehead atoms. The number of hydrogen-bond acceptors (Lipinski definition) is 5. The molecule has 3 rings (SSSR count). The van der Waals surface area contributed by atoms with E-state index in [1.54, 1.807) is 17.2 Å². The number of hydrogen-bond donors (Lipinski definition) is 2. The molecule has 0 aliphatic carbocycles. The lowest BCUT2D eigenvalue weighted by atomic mass is 10.1. The molecular weight excluding hydrogens is 296 g/mol. The van der Waals surface area contributed by atoms with Crippen molar-refractivity contribution in [3.63, 3.8) is 0 Å². The first kappa shape index (κ1) is 15.6. The highest BCUT2D eigenvalue weighted by atomic mass is 16.6. The molecule has 6 nitrogen and oxygen atoms in total. The summed E-state index contributed by atoms with van der Waals surface area (Å²) in [5, 5.41) is 12.9. The molecule has 2 N–H and O–H groups in total. The summed E-state index contributed by atoms with van der Waals surface area (Å²) in [6.07, 6.45) is 1.27. The second-order valence-electron chi connectivity index (χ2n) is 5.50. The summed E-state index contributed by atoms with van der Waals surface area (Å²) in [5.41, 5.74) is 1.84. The van der Waals surface area contributed by atoms with Crippen molar-refractivity contribution in [3.05, 3.63) is 54.0 Å². The van der Waals surface area contributed by atoms with Gasteiger partial charge in [0.25, 0.3) is 0 Å². The van der Waals surface area contributed by atoms with Crippen molar-refractivity contribution >= 4 is 11.8 Å². The van der Waals surface area contributed by atoms with E-state index in [9.17, 15) is 9.90 Å². The first-order valence-corrected chi connectivity index (χ1v) is 7.63. The van der Waals surface area contributed by atoms with Crippen LogP contribution in [-0.2, 0) is 4.74 Å². The Morgan fingerprint density at radius 1 is 1.35 bits per heavy atom. The lowest BCUT2D eigenvalue weighted by molar-refractivity contribution is 0.181. The van der Waals surface area contributed by atoms with E-state index in [0.29, 0.717) is 18.9 Å². The molecule has 1 amide bonds. The summed E-state index contributed by atoms with van der Waals surface area (Å²) in [5.74, 6) is 0.693. The van der Waals surface area contributed by atoms with Crippen molar-refractivity contribution < 1.29 is 19.1 Å². The Morgan fingerprint density at radius 2 is 2.22 bits per heavy atom. The summed E-state index contributed by atoms with van der Waals surface area (Å²) < 4.78 is 10.3. The van der Waals surface area contributed by atoms with Crippen LogP contribution in [-0.4, -0.2) is 31.0 Å². The van der Waals surface area contributed by atoms with Gasteiger partial charge in [0, 0.05) is 11.7 Å². The molecule has 2 atom stereocenters. The molecule has 6 heteroatoms. The summed E-state index contributed by atoms with van der Waals surface area (Å²) in [6.45, 7) is 2.93. The molecule has 2 aromatic rings. The number of furan rings is 1. The molecule has 2 heterocycles. The molecule has 0 spiro atoms. The molecule has 23 heavy (non-hydrogen) atoms. The summed E-state index contributed by atoms with van der Waals surface area (Å²) in [6, 6.07) is 11.1. The zero-order valence-electron chi connectivity index (χ0n) is 12.9. The van der Waals surface area contributed by atoms with Gasteiger partial charge in [-0.05, 0) is 36.8 Å². The van der Waals surface area contributed by atoms with Crippen LogP contribution in [0.1, 0.15) is 30.3 Å². The van der Waals surface area contributed by atoms with Crippen LogP contribution in [0.3, 0.4) is 0 Å². The molecule has 0 radical (unpaired) electrons. The third-order valence-electron chi connectivity index (χ3n) is 3.96. The van der Waals surface area contributed by atoms with E-state index < -0.39 is 0 Å². The minimum Gasteiger partial charge on any atom is -0.468 e. The number of aliphatic hydroxyl groups is 1. The third kappa shape index (κ3) is 3.38. The van der Waals surface area contributed by atoms with E-state index >= 15 is 0 Å². The van der Waals surface area contributed by atoms with Crippen LogP contribution in [0.15, 0.2) is 47.1 Å². The number of anilines is 1. The standard InChI is InChI=1S/C17H20N2O4/c1-12(18-15(11-20)16-6-3-8-22-16)13-4-2-5-14(10-13)19-7-9-23-17(19)21/h2-6,8,10,12,15,18,20H,7,9,11H2,1H3. The number of carbonyl (C=O) groups is 1. The molecule has 2 unspecified atom stereocenters. The van der Waals surface area contributed by atoms with Crippen molar-refractivity contribution in [1.82, 2.24) is 5.32 Å². The summed E-state index contributed by atoms with van der Waals surface area (Å²) >= 11 is 0. The highest BCUT2D eigenvalue weighted by Crippen LogP contribution is 2.25. The molecule has 122 valence electrons. The first-order chi connectivity index (χ1) is 11.2. The van der Waals surface area contributed by atoms with Crippen LogP contribution in [0.5, 0.6) is 0 Å². The molecule has 1 aromatic heterocycles. The minimum absolute atomic E-state index is 0.0178. The Balaban J connectivity index is 1.74. The average molecular weight is 316 g/mol. The normalized spacial score (nSPS) is 17.1. The second-order valence-corrected chi connectivity index (χ2v) is 5.50. The van der Waals surface area contributed by atoms with Gasteiger partial charge < -0.3 is 14.3 Å². The number of carbonyl (C=O) groups excluding carboxylic acids is 1. The van der Waals surface area contributed by atoms with Gasteiger partial charge >= 0.3 is 6.09 Å². The van der Waals surface area contributed by atoms with Gasteiger partial charge in [0.15, 0.2) is 0 Å². The van der Waals surface area contributed by atoms with E-state index in [4.69, 9.17) is 9.15 Å². The van der Waals surface area contributed by atoms with Crippen LogP contribution in [0.4, 0.5) is 10.5 Å². The number of ether oxygens (including phenoxy) is 1. The lowest BCUT2D eigenvalue weighted by Gasteiger charge is -2.22. The molecule has 1 aromatic carbocycles. The van der Waals surface area contributed by atoms with E-state index in [0.717, 1.165) is 11.3 Å². The molecule has 1 fully saturated rings. The zero-order chi connectivity index (χ0) is 16.2. The van der Waals surface area contributed by atoms with Gasteiger partial charge in [-0.2, -0.15) is 0 Å². The number of aliphatic hydroxyl groups excluding tert-OH is 1. The number of cyclic esters (lactones) is 1. The van der Waals surface area contributed by atoms with Gasteiger partial charge in [0.05, 0.1) is 25.5 Å². The number of nitrogens with one attached hydrogen (secondary N) is 1. The SMILES string of the molecule is CC(NC(CO)c1ccco1)c1cccc(N2CCOC2=O)c1. The molecule has 1 aliphatic heterocycles. The van der Waals surface area contributed by atoms with Crippen molar-refractivity contribution in [1.29, 1.82) is 0 Å². The maximum Gasteiger partial charge on any atom is 0.414 e. The summed E-state index contributed by atoms with van der Waals surface area (Å²) in [7, 11) is 0. The van der Waals surface area contributed by atoms with Crippen LogP contribution < -0.4 is 10.2 Å². The molecular formula is C17H20N2O4. The Kier molecular flexibility index (Phi) is 4.64. The lowest BCUT2D eigenvalue weighted by Crippen LogP contribution is -2.27. The topological polar surface area (TPSA) is 74.9 Å². The van der Waals surface area contributed by atoms with Crippen LogP contribution in [0.25, 0.3) is 0 Å². The van der Waals surface area contributed by atoms with E-state index in [2.05, 4.69) is 5.32 Å². The van der Waals surface area contributed by atoms with Crippen molar-refractivity contribution in [2.45, 2.75) is 19.0 Å². The predicted molar refractivity (Wildman–Crippen MR) is 85.2 cm³/mol. The fourth-order valence-electron chi connectivity index (χ4n) is 2.70. The largest absolute Gasteiger partial charge is 0.468 e. The van der Waals surface area contributed by atoms with E-state index in [-0.39, 0.29) is 24.8 Å². The number of benzene rings is 1. The summed E-state index contributed by atoms with van der Waals surface area (Å²) in [4.78, 5) is 13.3. The Bertz CT molecular complexity index is 656. The minimum atomic E-state index is -0.313. The van der Waals surface area contributed by atoms with Gasteiger partial charge in [-0.3, -0.25) is 10.2 Å². The number of rotatable bonds is 6. The monoisotopic (exact) mass is 316 g/mol. The van der Waals surface area contributed by atoms with Crippen molar-refractivity contribution in [2.75, 3.05) is 24.7 Å². The Morgan fingerprint density at radius 3 is 2.87 bits per heavy atom. The van der Waals surface area contributed by atoms with E-state index in [1.165, 1.54) is 0 Å². The fraction of sp³-hybridized carbons (Fsp3) is 0.353. The fourth-order valence-corrected chi connectivity index (χ4v) is 2.70. The van der Waals surface area contributed by atoms with E-state index in [1.807, 2.05) is 37.3 Å². The molecule has 0 saturated carbocycles. The smallest absolute Gasteiger partial charge is 0.414 e. The highest BCUT2D eigenvalue weighted by molar-refractivity contribution is 5.89. The van der Waals surface area contributed by atoms with Gasteiger partial charge in [0.2, 0.25) is 0 Å². The van der Waals surface area contributed by atoms with Crippen molar-refractivity contribution in [2.24, 2.45) is 0 Å². The predicted octanol–water partition coefficient (Wildman–Crippen LogP) is 2.62. The Hall–Kier alpha value is -2.31. The van der Waals surface area contributed by atoms with Gasteiger partial charge in [0.1, 0.15) is 12.4 Å². The number of nitrogens with zero attached hydrogens (tertiary/aromatic N) is 1. The van der Waals surface area contributed by atoms with Gasteiger partial charge in [-0.15, -0.1) is 0 Å². The quantitative estimate of drug-likeness (QED) is 0.857. The number of amides is 1.